The number of hydrazine groups is 1. The normalized spacial score (nSPS) is 23.6. The number of amides is 1. The van der Waals surface area contributed by atoms with Crippen LogP contribution < -0.4 is 10.7 Å². The molecular weight excluding hydrogens is 158 g/mol. The molecule has 1 aliphatic rings. The summed E-state index contributed by atoms with van der Waals surface area (Å²) in [7, 11) is 1.50. The van der Waals surface area contributed by atoms with Crippen LogP contribution in [0.2, 0.25) is 0 Å². The van der Waals surface area contributed by atoms with Crippen molar-refractivity contribution in [2.45, 2.75) is 25.4 Å². The van der Waals surface area contributed by atoms with Crippen molar-refractivity contribution in [2.24, 2.45) is 0 Å². The molecule has 0 aromatic carbocycles. The summed E-state index contributed by atoms with van der Waals surface area (Å²) in [6.07, 6.45) is 2.47. The SMILES string of the molecule is CN(NC1CCCCN1)C(=O)O. The number of hydrogen-bond acceptors (Lipinski definition) is 3. The lowest BCUT2D eigenvalue weighted by molar-refractivity contribution is 0.114. The Kier molecular flexibility index (Phi) is 3.31. The van der Waals surface area contributed by atoms with E-state index in [4.69, 9.17) is 5.11 Å². The smallest absolute Gasteiger partial charge is 0.421 e. The van der Waals surface area contributed by atoms with Crippen LogP contribution >= 0.6 is 0 Å². The van der Waals surface area contributed by atoms with Crippen LogP contribution in [0, 0.1) is 0 Å². The van der Waals surface area contributed by atoms with Crippen molar-refractivity contribution >= 4 is 6.09 Å². The molecule has 0 bridgehead atoms. The summed E-state index contributed by atoms with van der Waals surface area (Å²) < 4.78 is 0. The van der Waals surface area contributed by atoms with Gasteiger partial charge in [0.05, 0.1) is 6.17 Å². The van der Waals surface area contributed by atoms with E-state index in [0.29, 0.717) is 0 Å². The lowest BCUT2D eigenvalue weighted by Crippen LogP contribution is -2.53. The molecule has 3 N–H and O–H groups in total. The highest BCUT2D eigenvalue weighted by molar-refractivity contribution is 5.63. The van der Waals surface area contributed by atoms with E-state index < -0.39 is 6.09 Å². The molecule has 1 aliphatic heterocycles. The van der Waals surface area contributed by atoms with Gasteiger partial charge in [-0.1, -0.05) is 0 Å². The lowest BCUT2D eigenvalue weighted by Gasteiger charge is -2.27. The second-order valence-electron chi connectivity index (χ2n) is 2.97. The van der Waals surface area contributed by atoms with E-state index in [1.54, 1.807) is 0 Å². The topological polar surface area (TPSA) is 64.6 Å². The van der Waals surface area contributed by atoms with Crippen molar-refractivity contribution in [3.63, 3.8) is 0 Å². The molecule has 1 unspecified atom stereocenters. The maximum Gasteiger partial charge on any atom is 0.421 e. The molecule has 0 saturated carbocycles. The molecule has 0 radical (unpaired) electrons. The molecule has 1 saturated heterocycles. The van der Waals surface area contributed by atoms with Crippen molar-refractivity contribution < 1.29 is 9.90 Å². The molecule has 1 fully saturated rings. The van der Waals surface area contributed by atoms with Gasteiger partial charge in [0.2, 0.25) is 0 Å². The van der Waals surface area contributed by atoms with Gasteiger partial charge >= 0.3 is 6.09 Å². The van der Waals surface area contributed by atoms with E-state index in [9.17, 15) is 4.79 Å². The Labute approximate surface area is 71.7 Å². The van der Waals surface area contributed by atoms with Gasteiger partial charge in [0.25, 0.3) is 0 Å². The van der Waals surface area contributed by atoms with Crippen LogP contribution in [-0.4, -0.2) is 36.0 Å². The Balaban J connectivity index is 2.24. The van der Waals surface area contributed by atoms with Crippen LogP contribution in [0.15, 0.2) is 0 Å². The van der Waals surface area contributed by atoms with Gasteiger partial charge in [0.15, 0.2) is 0 Å². The van der Waals surface area contributed by atoms with E-state index in [1.807, 2.05) is 0 Å². The summed E-state index contributed by atoms with van der Waals surface area (Å²) in [6.45, 7) is 0.963. The summed E-state index contributed by atoms with van der Waals surface area (Å²) >= 11 is 0. The highest BCUT2D eigenvalue weighted by Gasteiger charge is 2.15. The Morgan fingerprint density at radius 1 is 1.67 bits per heavy atom. The Morgan fingerprint density at radius 3 is 2.92 bits per heavy atom. The van der Waals surface area contributed by atoms with E-state index in [-0.39, 0.29) is 6.17 Å². The molecule has 1 amide bonds. The van der Waals surface area contributed by atoms with Gasteiger partial charge in [-0.2, -0.15) is 0 Å². The Bertz CT molecular complexity index is 157. The number of rotatable bonds is 2. The van der Waals surface area contributed by atoms with Crippen molar-refractivity contribution in [1.82, 2.24) is 15.8 Å². The number of carbonyl (C=O) groups is 1. The number of carboxylic acid groups (broad SMARTS) is 1. The van der Waals surface area contributed by atoms with Crippen LogP contribution in [0.1, 0.15) is 19.3 Å². The Morgan fingerprint density at radius 2 is 2.42 bits per heavy atom. The van der Waals surface area contributed by atoms with Crippen LogP contribution in [-0.2, 0) is 0 Å². The van der Waals surface area contributed by atoms with Crippen molar-refractivity contribution in [2.75, 3.05) is 13.6 Å². The summed E-state index contributed by atoms with van der Waals surface area (Å²) in [4.78, 5) is 10.4. The fourth-order valence-electron chi connectivity index (χ4n) is 1.25. The van der Waals surface area contributed by atoms with E-state index in [0.717, 1.165) is 24.4 Å². The van der Waals surface area contributed by atoms with Gasteiger partial charge in [-0.15, -0.1) is 0 Å². The van der Waals surface area contributed by atoms with Crippen LogP contribution in [0.5, 0.6) is 0 Å². The summed E-state index contributed by atoms with van der Waals surface area (Å²) in [5.74, 6) is 0. The second-order valence-corrected chi connectivity index (χ2v) is 2.97. The zero-order valence-corrected chi connectivity index (χ0v) is 7.21. The molecule has 12 heavy (non-hydrogen) atoms. The highest BCUT2D eigenvalue weighted by atomic mass is 16.4. The molecule has 1 rings (SSSR count). The van der Waals surface area contributed by atoms with E-state index in [2.05, 4.69) is 10.7 Å². The number of piperidine rings is 1. The maximum atomic E-state index is 10.4. The standard InChI is InChI=1S/C7H15N3O2/c1-10(7(11)12)9-6-4-2-3-5-8-6/h6,8-9H,2-5H2,1H3,(H,11,12). The minimum Gasteiger partial charge on any atom is -0.464 e. The number of nitrogens with zero attached hydrogens (tertiary/aromatic N) is 1. The first-order valence-electron chi connectivity index (χ1n) is 4.16. The maximum absolute atomic E-state index is 10.4. The molecule has 1 atom stereocenters. The first-order valence-corrected chi connectivity index (χ1v) is 4.16. The molecule has 5 nitrogen and oxygen atoms in total. The predicted octanol–water partition coefficient (Wildman–Crippen LogP) is 0.200. The van der Waals surface area contributed by atoms with Crippen LogP contribution in [0.3, 0.4) is 0 Å². The zero-order chi connectivity index (χ0) is 8.97. The molecular formula is C7H15N3O2. The van der Waals surface area contributed by atoms with Gasteiger partial charge in [-0.3, -0.25) is 0 Å². The van der Waals surface area contributed by atoms with E-state index >= 15 is 0 Å². The molecule has 1 heterocycles. The van der Waals surface area contributed by atoms with Crippen LogP contribution in [0.25, 0.3) is 0 Å². The quantitative estimate of drug-likeness (QED) is 0.522. The largest absolute Gasteiger partial charge is 0.464 e. The second kappa shape index (κ2) is 4.27. The molecule has 0 spiro atoms. The average Bonchev–Trinajstić information content (AvgIpc) is 2.06. The minimum absolute atomic E-state index is 0.111. The van der Waals surface area contributed by atoms with Gasteiger partial charge in [-0.05, 0) is 25.8 Å². The van der Waals surface area contributed by atoms with Gasteiger partial charge in [-0.25, -0.2) is 15.2 Å². The average molecular weight is 173 g/mol. The third-order valence-electron chi connectivity index (χ3n) is 1.95. The number of nitrogens with one attached hydrogen (secondary N) is 2. The zero-order valence-electron chi connectivity index (χ0n) is 7.21. The summed E-state index contributed by atoms with van der Waals surface area (Å²) in [5, 5.41) is 12.8. The lowest BCUT2D eigenvalue weighted by atomic mass is 10.1. The van der Waals surface area contributed by atoms with Crippen molar-refractivity contribution in [3.05, 3.63) is 0 Å². The first-order chi connectivity index (χ1) is 5.70. The van der Waals surface area contributed by atoms with Crippen molar-refractivity contribution in [1.29, 1.82) is 0 Å². The van der Waals surface area contributed by atoms with Crippen LogP contribution in [0.4, 0.5) is 4.79 Å². The van der Waals surface area contributed by atoms with Crippen molar-refractivity contribution in [3.8, 4) is 0 Å². The number of hydrogen-bond donors (Lipinski definition) is 3. The third-order valence-corrected chi connectivity index (χ3v) is 1.95. The fraction of sp³-hybridized carbons (Fsp3) is 0.857. The summed E-state index contributed by atoms with van der Waals surface area (Å²) in [5.41, 5.74) is 2.84. The van der Waals surface area contributed by atoms with Gasteiger partial charge < -0.3 is 10.4 Å². The monoisotopic (exact) mass is 173 g/mol. The highest BCUT2D eigenvalue weighted by Crippen LogP contribution is 2.04. The minimum atomic E-state index is -0.956. The molecule has 0 aromatic rings. The van der Waals surface area contributed by atoms with Gasteiger partial charge in [0, 0.05) is 7.05 Å². The van der Waals surface area contributed by atoms with Gasteiger partial charge in [0.1, 0.15) is 0 Å². The Hall–Kier alpha value is -0.810. The molecule has 0 aromatic heterocycles. The molecule has 70 valence electrons. The predicted molar refractivity (Wildman–Crippen MR) is 44.6 cm³/mol. The van der Waals surface area contributed by atoms with E-state index in [1.165, 1.54) is 13.5 Å². The fourth-order valence-corrected chi connectivity index (χ4v) is 1.25. The first kappa shape index (κ1) is 9.28. The molecule has 0 aliphatic carbocycles. The molecule has 5 heteroatoms. The summed E-state index contributed by atoms with van der Waals surface area (Å²) in [6, 6.07) is 0. The third kappa shape index (κ3) is 2.67.